The first kappa shape index (κ1) is 22.4. The van der Waals surface area contributed by atoms with Crippen LogP contribution < -0.4 is 0 Å². The molecule has 1 N–H and O–H groups in total. The standard InChI is InChI=1S/C28H28F2N4/c1-20-8-10-21(11-9-20)18-33-12-14-34(15-13-33)19-26-31-27(22-4-2-6-24(29)16-22)28(32-26)23-5-3-7-25(30)17-23/h2-11,16-17H,12-15,18-19H2,1H3,(H,31,32). The van der Waals surface area contributed by atoms with Gasteiger partial charge in [0.05, 0.1) is 17.9 Å². The Hall–Kier alpha value is -3.35. The molecule has 1 saturated heterocycles. The van der Waals surface area contributed by atoms with E-state index in [2.05, 4.69) is 46.0 Å². The summed E-state index contributed by atoms with van der Waals surface area (Å²) in [4.78, 5) is 13.1. The van der Waals surface area contributed by atoms with Gasteiger partial charge in [-0.15, -0.1) is 0 Å². The van der Waals surface area contributed by atoms with Crippen LogP contribution in [0.15, 0.2) is 72.8 Å². The van der Waals surface area contributed by atoms with E-state index in [0.717, 1.165) is 38.5 Å². The lowest BCUT2D eigenvalue weighted by molar-refractivity contribution is 0.120. The Kier molecular flexibility index (Phi) is 6.52. The minimum absolute atomic E-state index is 0.316. The summed E-state index contributed by atoms with van der Waals surface area (Å²) < 4.78 is 27.9. The summed E-state index contributed by atoms with van der Waals surface area (Å²) in [5.41, 5.74) is 5.33. The molecule has 0 atom stereocenters. The number of aryl methyl sites for hydroxylation is 1. The Morgan fingerprint density at radius 3 is 2.00 bits per heavy atom. The molecule has 6 heteroatoms. The maximum Gasteiger partial charge on any atom is 0.123 e. The fourth-order valence-electron chi connectivity index (χ4n) is 4.46. The van der Waals surface area contributed by atoms with Crippen LogP contribution in [0.2, 0.25) is 0 Å². The van der Waals surface area contributed by atoms with E-state index < -0.39 is 0 Å². The molecular formula is C28H28F2N4. The van der Waals surface area contributed by atoms with E-state index in [1.165, 1.54) is 35.4 Å². The Morgan fingerprint density at radius 1 is 0.765 bits per heavy atom. The van der Waals surface area contributed by atoms with Crippen LogP contribution in [0.4, 0.5) is 8.78 Å². The first-order valence-electron chi connectivity index (χ1n) is 11.6. The molecule has 0 radical (unpaired) electrons. The third kappa shape index (κ3) is 5.24. The van der Waals surface area contributed by atoms with Crippen molar-refractivity contribution >= 4 is 0 Å². The summed E-state index contributed by atoms with van der Waals surface area (Å²) in [6.07, 6.45) is 0. The molecule has 0 saturated carbocycles. The third-order valence-electron chi connectivity index (χ3n) is 6.33. The lowest BCUT2D eigenvalue weighted by atomic mass is 10.0. The van der Waals surface area contributed by atoms with Crippen molar-refractivity contribution in [2.45, 2.75) is 20.0 Å². The Balaban J connectivity index is 1.31. The fourth-order valence-corrected chi connectivity index (χ4v) is 4.46. The van der Waals surface area contributed by atoms with Crippen molar-refractivity contribution in [1.82, 2.24) is 19.8 Å². The molecule has 0 unspecified atom stereocenters. The summed E-state index contributed by atoms with van der Waals surface area (Å²) in [5.74, 6) is 0.158. The number of hydrogen-bond acceptors (Lipinski definition) is 3. The van der Waals surface area contributed by atoms with Crippen LogP contribution in [0.1, 0.15) is 17.0 Å². The summed E-state index contributed by atoms with van der Waals surface area (Å²) >= 11 is 0. The van der Waals surface area contributed by atoms with Crippen molar-refractivity contribution in [3.8, 4) is 22.5 Å². The van der Waals surface area contributed by atoms with E-state index in [9.17, 15) is 8.78 Å². The Morgan fingerprint density at radius 2 is 1.35 bits per heavy atom. The van der Waals surface area contributed by atoms with E-state index in [-0.39, 0.29) is 11.6 Å². The Bertz CT molecular complexity index is 1190. The lowest BCUT2D eigenvalue weighted by Crippen LogP contribution is -2.45. The van der Waals surface area contributed by atoms with Gasteiger partial charge in [-0.1, -0.05) is 54.1 Å². The molecule has 0 aliphatic carbocycles. The number of aromatic nitrogens is 2. The normalized spacial score (nSPS) is 15.0. The zero-order valence-corrected chi connectivity index (χ0v) is 19.3. The van der Waals surface area contributed by atoms with Crippen molar-refractivity contribution in [2.24, 2.45) is 0 Å². The van der Waals surface area contributed by atoms with Crippen molar-refractivity contribution in [3.63, 3.8) is 0 Å². The number of imidazole rings is 1. The van der Waals surface area contributed by atoms with Gasteiger partial charge in [-0.2, -0.15) is 0 Å². The number of H-pyrrole nitrogens is 1. The van der Waals surface area contributed by atoms with Gasteiger partial charge in [0, 0.05) is 43.9 Å². The number of nitrogens with one attached hydrogen (secondary N) is 1. The molecule has 2 heterocycles. The van der Waals surface area contributed by atoms with Crippen molar-refractivity contribution in [3.05, 3.63) is 101 Å². The van der Waals surface area contributed by atoms with Crippen molar-refractivity contribution < 1.29 is 8.78 Å². The summed E-state index contributed by atoms with van der Waals surface area (Å²) in [7, 11) is 0. The average Bonchev–Trinajstić information content (AvgIpc) is 3.26. The molecular weight excluding hydrogens is 430 g/mol. The van der Waals surface area contributed by atoms with Gasteiger partial charge in [-0.3, -0.25) is 9.80 Å². The number of hydrogen-bond donors (Lipinski definition) is 1. The summed E-state index contributed by atoms with van der Waals surface area (Å²) in [6, 6.07) is 21.5. The number of nitrogens with zero attached hydrogens (tertiary/aromatic N) is 3. The quantitative estimate of drug-likeness (QED) is 0.406. The third-order valence-corrected chi connectivity index (χ3v) is 6.33. The minimum Gasteiger partial charge on any atom is -0.340 e. The van der Waals surface area contributed by atoms with Gasteiger partial charge in [-0.25, -0.2) is 13.8 Å². The molecule has 0 amide bonds. The van der Waals surface area contributed by atoms with Gasteiger partial charge < -0.3 is 4.98 Å². The molecule has 0 spiro atoms. The SMILES string of the molecule is Cc1ccc(CN2CCN(Cc3nc(-c4cccc(F)c4)c(-c4cccc(F)c4)[nH]3)CC2)cc1. The minimum atomic E-state index is -0.322. The van der Waals surface area contributed by atoms with Crippen LogP contribution in [0.3, 0.4) is 0 Å². The van der Waals surface area contributed by atoms with E-state index in [1.54, 1.807) is 12.1 Å². The van der Waals surface area contributed by atoms with Gasteiger partial charge in [0.15, 0.2) is 0 Å². The largest absolute Gasteiger partial charge is 0.340 e. The van der Waals surface area contributed by atoms with Crippen LogP contribution in [0, 0.1) is 18.6 Å². The van der Waals surface area contributed by atoms with E-state index in [1.807, 2.05) is 12.1 Å². The predicted octanol–water partition coefficient (Wildman–Crippen LogP) is 5.65. The topological polar surface area (TPSA) is 35.2 Å². The molecule has 1 aliphatic heterocycles. The summed E-state index contributed by atoms with van der Waals surface area (Å²) in [5, 5.41) is 0. The molecule has 4 nitrogen and oxygen atoms in total. The van der Waals surface area contributed by atoms with E-state index >= 15 is 0 Å². The van der Waals surface area contributed by atoms with Crippen LogP contribution >= 0.6 is 0 Å². The van der Waals surface area contributed by atoms with Gasteiger partial charge in [0.25, 0.3) is 0 Å². The molecule has 4 aromatic rings. The van der Waals surface area contributed by atoms with Crippen LogP contribution in [-0.2, 0) is 13.1 Å². The predicted molar refractivity (Wildman–Crippen MR) is 131 cm³/mol. The second-order valence-electron chi connectivity index (χ2n) is 8.97. The monoisotopic (exact) mass is 458 g/mol. The highest BCUT2D eigenvalue weighted by Crippen LogP contribution is 2.31. The first-order chi connectivity index (χ1) is 16.5. The zero-order chi connectivity index (χ0) is 23.5. The second kappa shape index (κ2) is 9.87. The zero-order valence-electron chi connectivity index (χ0n) is 19.3. The van der Waals surface area contributed by atoms with Gasteiger partial charge >= 0.3 is 0 Å². The molecule has 3 aromatic carbocycles. The smallest absolute Gasteiger partial charge is 0.123 e. The van der Waals surface area contributed by atoms with E-state index in [0.29, 0.717) is 29.1 Å². The van der Waals surface area contributed by atoms with Gasteiger partial charge in [0.2, 0.25) is 0 Å². The molecule has 1 fully saturated rings. The number of benzene rings is 3. The van der Waals surface area contributed by atoms with Crippen LogP contribution in [-0.4, -0.2) is 45.9 Å². The highest BCUT2D eigenvalue weighted by molar-refractivity contribution is 5.78. The summed E-state index contributed by atoms with van der Waals surface area (Å²) in [6.45, 7) is 7.59. The Labute approximate surface area is 198 Å². The lowest BCUT2D eigenvalue weighted by Gasteiger charge is -2.34. The molecule has 5 rings (SSSR count). The average molecular weight is 459 g/mol. The maximum absolute atomic E-state index is 13.9. The molecule has 1 aromatic heterocycles. The first-order valence-corrected chi connectivity index (χ1v) is 11.6. The van der Waals surface area contributed by atoms with Gasteiger partial charge in [0.1, 0.15) is 17.5 Å². The molecule has 174 valence electrons. The van der Waals surface area contributed by atoms with Crippen molar-refractivity contribution in [1.29, 1.82) is 0 Å². The van der Waals surface area contributed by atoms with Gasteiger partial charge in [-0.05, 0) is 36.8 Å². The highest BCUT2D eigenvalue weighted by Gasteiger charge is 2.20. The maximum atomic E-state index is 13.9. The molecule has 34 heavy (non-hydrogen) atoms. The van der Waals surface area contributed by atoms with Crippen molar-refractivity contribution in [2.75, 3.05) is 26.2 Å². The number of aromatic amines is 1. The van der Waals surface area contributed by atoms with E-state index in [4.69, 9.17) is 4.98 Å². The number of rotatable bonds is 6. The fraction of sp³-hybridized carbons (Fsp3) is 0.250. The van der Waals surface area contributed by atoms with Crippen LogP contribution in [0.25, 0.3) is 22.5 Å². The number of halogens is 2. The highest BCUT2D eigenvalue weighted by atomic mass is 19.1. The molecule has 1 aliphatic rings. The van der Waals surface area contributed by atoms with Crippen LogP contribution in [0.5, 0.6) is 0 Å². The molecule has 0 bridgehead atoms. The second-order valence-corrected chi connectivity index (χ2v) is 8.97. The number of piperazine rings is 1.